The average Bonchev–Trinajstić information content (AvgIpc) is 2.15. The summed E-state index contributed by atoms with van der Waals surface area (Å²) in [5.74, 6) is 0. The Morgan fingerprint density at radius 3 is 0.630 bits per heavy atom. The first kappa shape index (κ1) is 31.1. The predicted octanol–water partition coefficient (Wildman–Crippen LogP) is 8.14. The van der Waals surface area contributed by atoms with Crippen LogP contribution in [0.2, 0.25) is 117 Å². The molecule has 0 saturated heterocycles. The first-order chi connectivity index (χ1) is 10.9. The molecule has 0 amide bonds. The van der Waals surface area contributed by atoms with Crippen LogP contribution in [0.5, 0.6) is 0 Å². The van der Waals surface area contributed by atoms with Crippen molar-refractivity contribution in [2.45, 2.75) is 117 Å². The van der Waals surface area contributed by atoms with Crippen LogP contribution < -0.4 is 0 Å². The van der Waals surface area contributed by atoms with Crippen molar-refractivity contribution in [2.24, 2.45) is 0 Å². The van der Waals surface area contributed by atoms with Crippen LogP contribution in [0.15, 0.2) is 0 Å². The Hall–Kier alpha value is 1.92. The number of hydrogen-bond acceptors (Lipinski definition) is 0. The standard InChI is InChI=1S/C20H52Si6.Zn/c1-21(2,3)19(22(4,5)6)25(13,14)17-18-26(15,16)20(23(7,8)9)24(10,11)12;/h17-18H2,1-16H3;/q-2;+2. The maximum Gasteiger partial charge on any atom is 2.00 e. The Labute approximate surface area is 193 Å². The van der Waals surface area contributed by atoms with Gasteiger partial charge in [-0.15, -0.1) is 32.3 Å². The van der Waals surface area contributed by atoms with Gasteiger partial charge in [-0.05, 0) is 0 Å². The van der Waals surface area contributed by atoms with Gasteiger partial charge >= 0.3 is 19.5 Å². The zero-order valence-corrected chi connectivity index (χ0v) is 31.1. The molecule has 0 fully saturated rings. The molecule has 27 heavy (non-hydrogen) atoms. The quantitative estimate of drug-likeness (QED) is 0.210. The van der Waals surface area contributed by atoms with Crippen LogP contribution in [-0.2, 0) is 19.5 Å². The summed E-state index contributed by atoms with van der Waals surface area (Å²) in [6.07, 6.45) is 0. The minimum absolute atomic E-state index is 0. The minimum Gasteiger partial charge on any atom is -0.311 e. The Morgan fingerprint density at radius 1 is 0.370 bits per heavy atom. The largest absolute Gasteiger partial charge is 2.00 e. The molecule has 0 bridgehead atoms. The second kappa shape index (κ2) is 9.60. The van der Waals surface area contributed by atoms with E-state index in [-0.39, 0.29) is 19.5 Å². The molecule has 0 aliphatic carbocycles. The SMILES string of the molecule is C[Si](C)(C)[C-]([Si](C)(C)C)[Si](C)(C)CC[Si](C)(C)[C-]([Si](C)(C)C)[Si](C)(C)C.[Zn+2]. The maximum absolute atomic E-state index is 2.73. The van der Waals surface area contributed by atoms with Gasteiger partial charge in [-0.1, -0.05) is 133 Å². The zero-order chi connectivity index (χ0) is 21.6. The molecule has 0 aromatic rings. The molecule has 158 valence electrons. The molecule has 0 spiro atoms. The van der Waals surface area contributed by atoms with Gasteiger partial charge in [-0.2, -0.15) is 0 Å². The van der Waals surface area contributed by atoms with Crippen molar-refractivity contribution in [3.05, 3.63) is 9.58 Å². The van der Waals surface area contributed by atoms with E-state index >= 15 is 0 Å². The van der Waals surface area contributed by atoms with Gasteiger partial charge in [-0.3, -0.25) is 0 Å². The molecular formula is C20H52Si6Zn. The molecule has 0 atom stereocenters. The molecule has 0 nitrogen and oxygen atoms in total. The summed E-state index contributed by atoms with van der Waals surface area (Å²) in [4.78, 5) is 4.31. The van der Waals surface area contributed by atoms with Gasteiger partial charge in [0.05, 0.1) is 0 Å². The van der Waals surface area contributed by atoms with Crippen molar-refractivity contribution in [1.82, 2.24) is 0 Å². The molecule has 0 unspecified atom stereocenters. The molecular weight excluding hydrogens is 474 g/mol. The van der Waals surface area contributed by atoms with Gasteiger partial charge in [0.1, 0.15) is 0 Å². The van der Waals surface area contributed by atoms with E-state index < -0.39 is 48.4 Å². The molecule has 0 N–H and O–H groups in total. The van der Waals surface area contributed by atoms with Crippen LogP contribution in [0.4, 0.5) is 0 Å². The zero-order valence-electron chi connectivity index (χ0n) is 22.1. The van der Waals surface area contributed by atoms with Crippen molar-refractivity contribution < 1.29 is 19.5 Å². The fourth-order valence-corrected chi connectivity index (χ4v) is 64.7. The minimum atomic E-state index is -1.29. The Morgan fingerprint density at radius 2 is 0.519 bits per heavy atom. The number of rotatable bonds is 9. The predicted molar refractivity (Wildman–Crippen MR) is 144 cm³/mol. The molecule has 0 radical (unpaired) electrons. The van der Waals surface area contributed by atoms with E-state index in [4.69, 9.17) is 0 Å². The summed E-state index contributed by atoms with van der Waals surface area (Å²) >= 11 is 0. The van der Waals surface area contributed by atoms with Gasteiger partial charge in [0.15, 0.2) is 0 Å². The monoisotopic (exact) mass is 524 g/mol. The van der Waals surface area contributed by atoms with Crippen molar-refractivity contribution in [1.29, 1.82) is 0 Å². The molecule has 0 aromatic carbocycles. The third kappa shape index (κ3) is 9.30. The van der Waals surface area contributed by atoms with E-state index in [9.17, 15) is 0 Å². The van der Waals surface area contributed by atoms with E-state index in [0.717, 1.165) is 0 Å². The van der Waals surface area contributed by atoms with Crippen LogP contribution in [-0.4, -0.2) is 48.4 Å². The van der Waals surface area contributed by atoms with Crippen molar-refractivity contribution >= 4 is 48.4 Å². The fourth-order valence-electron chi connectivity index (χ4n) is 7.19. The van der Waals surface area contributed by atoms with Gasteiger partial charge < -0.3 is 9.58 Å². The van der Waals surface area contributed by atoms with Gasteiger partial charge in [0.25, 0.3) is 0 Å². The molecule has 0 aliphatic rings. The van der Waals surface area contributed by atoms with E-state index in [2.05, 4.69) is 114 Å². The van der Waals surface area contributed by atoms with Crippen LogP contribution >= 0.6 is 0 Å². The molecule has 7 heteroatoms. The molecule has 0 aromatic heterocycles. The fraction of sp³-hybridized carbons (Fsp3) is 0.900. The van der Waals surface area contributed by atoms with E-state index in [0.29, 0.717) is 0 Å². The molecule has 0 heterocycles. The van der Waals surface area contributed by atoms with Crippen molar-refractivity contribution in [2.75, 3.05) is 0 Å². The van der Waals surface area contributed by atoms with Crippen LogP contribution in [0.25, 0.3) is 0 Å². The second-order valence-corrected chi connectivity index (χ2v) is 46.6. The molecule has 0 aliphatic heterocycles. The number of hydrogen-bond donors (Lipinski definition) is 0. The van der Waals surface area contributed by atoms with Gasteiger partial charge in [0, 0.05) is 0 Å². The average molecular weight is 527 g/mol. The van der Waals surface area contributed by atoms with E-state index in [1.54, 1.807) is 12.1 Å². The van der Waals surface area contributed by atoms with Crippen molar-refractivity contribution in [3.63, 3.8) is 0 Å². The summed E-state index contributed by atoms with van der Waals surface area (Å²) in [6.45, 7) is 42.4. The Kier molecular flexibility index (Phi) is 11.1. The Bertz CT molecular complexity index is 389. The normalized spacial score (nSPS) is 15.3. The van der Waals surface area contributed by atoms with Crippen LogP contribution in [0.1, 0.15) is 0 Å². The van der Waals surface area contributed by atoms with Gasteiger partial charge in [0.2, 0.25) is 0 Å². The third-order valence-electron chi connectivity index (χ3n) is 5.73. The smallest absolute Gasteiger partial charge is 0.311 e. The van der Waals surface area contributed by atoms with Crippen LogP contribution in [0, 0.1) is 9.58 Å². The molecule has 0 rings (SSSR count). The maximum atomic E-state index is 2.73. The molecule has 0 saturated carbocycles. The topological polar surface area (TPSA) is 0 Å². The first-order valence-electron chi connectivity index (χ1n) is 10.7. The second-order valence-electron chi connectivity index (χ2n) is 14.0. The summed E-state index contributed by atoms with van der Waals surface area (Å²) < 4.78 is 0. The Balaban J connectivity index is 0. The summed E-state index contributed by atoms with van der Waals surface area (Å²) in [6, 6.07) is 3.10. The summed E-state index contributed by atoms with van der Waals surface area (Å²) in [7, 11) is -7.32. The third-order valence-corrected chi connectivity index (χ3v) is 44.1. The van der Waals surface area contributed by atoms with Crippen LogP contribution in [0.3, 0.4) is 0 Å². The summed E-state index contributed by atoms with van der Waals surface area (Å²) in [5.41, 5.74) is 0. The van der Waals surface area contributed by atoms with Crippen molar-refractivity contribution in [3.8, 4) is 0 Å². The van der Waals surface area contributed by atoms with E-state index in [1.165, 1.54) is 0 Å². The first-order valence-corrected chi connectivity index (χ1v) is 31.1. The van der Waals surface area contributed by atoms with E-state index in [1.807, 2.05) is 0 Å². The summed E-state index contributed by atoms with van der Waals surface area (Å²) in [5, 5.41) is 0. The van der Waals surface area contributed by atoms with Gasteiger partial charge in [-0.25, -0.2) is 0 Å².